The molecule has 0 radical (unpaired) electrons. The number of nitrogen functional groups attached to an aromatic ring is 1. The van der Waals surface area contributed by atoms with Gasteiger partial charge in [-0.2, -0.15) is 4.99 Å². The average molecular weight is 678 g/mol. The van der Waals surface area contributed by atoms with E-state index in [1.54, 1.807) is 0 Å². The molecule has 1 aliphatic carbocycles. The maximum absolute atomic E-state index is 16.0. The molecule has 2 bridgehead atoms. The lowest BCUT2D eigenvalue weighted by atomic mass is 10.1. The van der Waals surface area contributed by atoms with Gasteiger partial charge in [-0.25, -0.2) is 28.9 Å². The summed E-state index contributed by atoms with van der Waals surface area (Å²) < 4.78 is 59.2. The number of fused-ring (bicyclic) bond motifs is 5. The van der Waals surface area contributed by atoms with E-state index in [2.05, 4.69) is 42.2 Å². The minimum absolute atomic E-state index is 0.0625. The summed E-state index contributed by atoms with van der Waals surface area (Å²) in [6.07, 6.45) is -5.79. The van der Waals surface area contributed by atoms with Crippen molar-refractivity contribution in [3.05, 3.63) is 12.7 Å². The van der Waals surface area contributed by atoms with E-state index >= 15 is 4.39 Å². The average Bonchev–Trinajstić information content (AvgIpc) is 3.70. The zero-order valence-corrected chi connectivity index (χ0v) is 25.0. The minimum atomic E-state index is -4.42. The van der Waals surface area contributed by atoms with Crippen LogP contribution in [0.15, 0.2) is 27.6 Å². The molecule has 3 fully saturated rings. The van der Waals surface area contributed by atoms with Gasteiger partial charge in [-0.15, -0.1) is 0 Å². The summed E-state index contributed by atoms with van der Waals surface area (Å²) in [5.74, 6) is -0.290. The molecule has 230 valence electrons. The normalized spacial score (nSPS) is 42.9. The molecule has 2 aromatic heterocycles. The van der Waals surface area contributed by atoms with E-state index in [4.69, 9.17) is 40.4 Å². The number of rotatable bonds is 2. The summed E-state index contributed by atoms with van der Waals surface area (Å²) >= 11 is 9.29. The smallest absolute Gasteiger partial charge is 0.386 e. The summed E-state index contributed by atoms with van der Waals surface area (Å²) in [4.78, 5) is 48.6. The molecule has 4 N–H and O–H groups in total. The number of halogens is 1. The number of thiol groups is 1. The van der Waals surface area contributed by atoms with Gasteiger partial charge in [0.15, 0.2) is 29.9 Å². The number of nitrogens with two attached hydrogens (primary N) is 1. The number of aliphatic imine (C=N–C) groups is 3. The fourth-order valence-electron chi connectivity index (χ4n) is 5.58. The van der Waals surface area contributed by atoms with Crippen molar-refractivity contribution in [3.63, 3.8) is 0 Å². The van der Waals surface area contributed by atoms with Gasteiger partial charge in [-0.1, -0.05) is 12.2 Å². The van der Waals surface area contributed by atoms with Gasteiger partial charge in [-0.3, -0.25) is 23.4 Å². The Morgan fingerprint density at radius 2 is 2.00 bits per heavy atom. The second kappa shape index (κ2) is 10.7. The summed E-state index contributed by atoms with van der Waals surface area (Å²) in [5.41, 5.74) is 6.21. The number of anilines is 1. The first-order valence-electron chi connectivity index (χ1n) is 12.6. The third kappa shape index (κ3) is 5.15. The number of ether oxygens (including phenoxy) is 1. The van der Waals surface area contributed by atoms with Crippen molar-refractivity contribution in [2.24, 2.45) is 15.0 Å². The summed E-state index contributed by atoms with van der Waals surface area (Å²) in [6.45, 7) is -9.16. The fraction of sp³-hybridized carbons (Fsp3) is 0.550. The van der Waals surface area contributed by atoms with Crippen molar-refractivity contribution in [1.29, 1.82) is 0 Å². The Morgan fingerprint density at radius 3 is 2.81 bits per heavy atom. The maximum atomic E-state index is 16.0. The van der Waals surface area contributed by atoms with Crippen LogP contribution in [0.5, 0.6) is 0 Å². The van der Waals surface area contributed by atoms with Crippen LogP contribution in [-0.4, -0.2) is 114 Å². The molecular weight excluding hydrogens is 655 g/mol. The number of aromatic nitrogens is 4. The predicted molar refractivity (Wildman–Crippen MR) is 152 cm³/mol. The first-order chi connectivity index (χ1) is 20.4. The van der Waals surface area contributed by atoms with Gasteiger partial charge in [0, 0.05) is 6.42 Å². The number of hydrogen-bond donors (Lipinski definition) is 4. The van der Waals surface area contributed by atoms with Gasteiger partial charge < -0.3 is 34.4 Å². The Balaban J connectivity index is 1.18. The van der Waals surface area contributed by atoms with Gasteiger partial charge >= 0.3 is 13.5 Å². The zero-order valence-electron chi connectivity index (χ0n) is 21.5. The lowest BCUT2D eigenvalue weighted by Crippen LogP contribution is -2.48. The van der Waals surface area contributed by atoms with Crippen LogP contribution in [0.25, 0.3) is 11.2 Å². The number of carbonyl (C=O) groups is 1. The molecule has 4 aliphatic heterocycles. The van der Waals surface area contributed by atoms with E-state index in [-0.39, 0.29) is 29.2 Å². The van der Waals surface area contributed by atoms with Gasteiger partial charge in [0.05, 0.1) is 31.4 Å². The number of amidine groups is 1. The van der Waals surface area contributed by atoms with Crippen molar-refractivity contribution in [1.82, 2.24) is 24.4 Å². The van der Waals surface area contributed by atoms with Gasteiger partial charge in [0.1, 0.15) is 48.4 Å². The molecule has 7 rings (SSSR count). The van der Waals surface area contributed by atoms with Crippen molar-refractivity contribution in [3.8, 4) is 0 Å². The van der Waals surface area contributed by atoms with Crippen molar-refractivity contribution in [2.45, 2.75) is 61.4 Å². The van der Waals surface area contributed by atoms with Gasteiger partial charge in [0.2, 0.25) is 0 Å². The molecule has 2 saturated heterocycles. The van der Waals surface area contributed by atoms with Crippen LogP contribution in [0.3, 0.4) is 0 Å². The molecule has 0 aromatic carbocycles. The van der Waals surface area contributed by atoms with Crippen molar-refractivity contribution >= 4 is 79.0 Å². The SMILES string of the molecule is Nc1ncnc2c1ncn2[C@@H]1O[C@@H]2COP(O)(=S)O[C@@H]3[C@@H](O)[C@H](C[C@H]3N3C=NC4C(=O)N=CN=C43)OP(=O)(S)O[C@H]2[C@H]1F. The summed E-state index contributed by atoms with van der Waals surface area (Å²) in [6, 6.07) is -1.88. The highest BCUT2D eigenvalue weighted by molar-refractivity contribution is 8.44. The molecular formula is C20H22FN9O9P2S2. The molecule has 2 aromatic rings. The standard InChI is InChI=1S/C20H22FN9O9P2S2/c21-10-15-9(36-20(10)30-6-27-11-16(22)23-3-24-17(11)30)2-35-40(33,42)38-14-7(1-8(13(14)31)37-41(34,43)39-15)29-5-28-12-18(29)25-4-26-19(12)32/h3-10,12-15,20,31H,1-2H2,(H,33,42)(H,34,43)(H2,22,23,24)/t7-,8+,9-,10-,12?,13+,14+,15-,20-,40?,41?/m1/s1. The quantitative estimate of drug-likeness (QED) is 0.240. The molecule has 1 saturated carbocycles. The number of carbonyl (C=O) groups excluding carboxylic acids is 1. The zero-order chi connectivity index (χ0) is 30.3. The highest BCUT2D eigenvalue weighted by Gasteiger charge is 2.56. The number of hydrogen-bond acceptors (Lipinski definition) is 16. The lowest BCUT2D eigenvalue weighted by molar-refractivity contribution is -0.117. The van der Waals surface area contributed by atoms with Gasteiger partial charge in [0.25, 0.3) is 5.91 Å². The molecule has 11 atom stereocenters. The van der Waals surface area contributed by atoms with Crippen LogP contribution in [-0.2, 0) is 44.0 Å². The molecule has 1 amide bonds. The molecule has 43 heavy (non-hydrogen) atoms. The molecule has 3 unspecified atom stereocenters. The number of alkyl halides is 1. The Bertz CT molecular complexity index is 1680. The number of aliphatic hydroxyl groups excluding tert-OH is 1. The topological polar surface area (TPSA) is 231 Å². The Labute approximate surface area is 251 Å². The molecule has 5 aliphatic rings. The Hall–Kier alpha value is -2.29. The van der Waals surface area contributed by atoms with E-state index in [9.17, 15) is 19.4 Å². The molecule has 0 spiro atoms. The van der Waals surface area contributed by atoms with Crippen LogP contribution < -0.4 is 5.73 Å². The molecule has 18 nitrogen and oxygen atoms in total. The highest BCUT2D eigenvalue weighted by Crippen LogP contribution is 2.60. The second-order valence-corrected chi connectivity index (χ2v) is 15.7. The third-order valence-electron chi connectivity index (χ3n) is 7.49. The minimum Gasteiger partial charge on any atom is -0.388 e. The Kier molecular flexibility index (Phi) is 7.29. The van der Waals surface area contributed by atoms with E-state index in [0.717, 1.165) is 6.34 Å². The van der Waals surface area contributed by atoms with E-state index in [1.165, 1.54) is 28.5 Å². The first kappa shape index (κ1) is 29.4. The van der Waals surface area contributed by atoms with Crippen LogP contribution in [0.1, 0.15) is 12.6 Å². The third-order valence-corrected chi connectivity index (χ3v) is 10.7. The lowest BCUT2D eigenvalue weighted by Gasteiger charge is -2.33. The van der Waals surface area contributed by atoms with Crippen LogP contribution in [0.2, 0.25) is 0 Å². The Morgan fingerprint density at radius 1 is 1.19 bits per heavy atom. The van der Waals surface area contributed by atoms with Crippen LogP contribution >= 0.6 is 25.8 Å². The predicted octanol–water partition coefficient (Wildman–Crippen LogP) is -0.103. The summed E-state index contributed by atoms with van der Waals surface area (Å²) in [7, 11) is 0. The number of amides is 1. The largest absolute Gasteiger partial charge is 0.388 e. The molecule has 6 heterocycles. The second-order valence-electron chi connectivity index (χ2n) is 10.0. The van der Waals surface area contributed by atoms with Crippen molar-refractivity contribution in [2.75, 3.05) is 12.3 Å². The summed E-state index contributed by atoms with van der Waals surface area (Å²) in [5, 5.41) is 11.2. The van der Waals surface area contributed by atoms with E-state index in [1.807, 2.05) is 0 Å². The number of imidazole rings is 1. The van der Waals surface area contributed by atoms with Gasteiger partial charge in [-0.05, 0) is 11.8 Å². The van der Waals surface area contributed by atoms with Crippen molar-refractivity contribution < 1.29 is 46.6 Å². The van der Waals surface area contributed by atoms with E-state index in [0.29, 0.717) is 0 Å². The maximum Gasteiger partial charge on any atom is 0.386 e. The van der Waals surface area contributed by atoms with E-state index < -0.39 is 81.0 Å². The first-order valence-corrected chi connectivity index (χ1v) is 17.9. The van der Waals surface area contributed by atoms with Crippen LogP contribution in [0.4, 0.5) is 10.2 Å². The highest BCUT2D eigenvalue weighted by atomic mass is 32.7. The number of nitrogens with zero attached hydrogens (tertiary/aromatic N) is 8. The fourth-order valence-corrected chi connectivity index (χ4v) is 8.89. The number of aliphatic hydroxyl groups is 1. The molecule has 23 heteroatoms. The monoisotopic (exact) mass is 677 g/mol. The van der Waals surface area contributed by atoms with Crippen LogP contribution in [0, 0.1) is 0 Å².